The molecule has 29 heavy (non-hydrogen) atoms. The third kappa shape index (κ3) is 5.17. The van der Waals surface area contributed by atoms with Gasteiger partial charge in [-0.15, -0.1) is 0 Å². The Labute approximate surface area is 170 Å². The van der Waals surface area contributed by atoms with Crippen LogP contribution in [0.15, 0.2) is 59.6 Å². The van der Waals surface area contributed by atoms with E-state index in [-0.39, 0.29) is 35.6 Å². The molecule has 0 spiro atoms. The van der Waals surface area contributed by atoms with Gasteiger partial charge in [0.15, 0.2) is 5.17 Å². The van der Waals surface area contributed by atoms with Crippen LogP contribution in [0.4, 0.5) is 18.9 Å². The van der Waals surface area contributed by atoms with E-state index in [4.69, 9.17) is 0 Å². The van der Waals surface area contributed by atoms with Gasteiger partial charge in [-0.25, -0.2) is 4.99 Å². The van der Waals surface area contributed by atoms with Crippen LogP contribution in [0.25, 0.3) is 0 Å². The minimum Gasteiger partial charge on any atom is -0.358 e. The Morgan fingerprint density at radius 1 is 1.21 bits per heavy atom. The van der Waals surface area contributed by atoms with Crippen molar-refractivity contribution in [2.24, 2.45) is 4.99 Å². The van der Waals surface area contributed by atoms with Crippen molar-refractivity contribution in [2.45, 2.75) is 24.4 Å². The summed E-state index contributed by atoms with van der Waals surface area (Å²) in [7, 11) is 1.47. The Balaban J connectivity index is 1.97. The second-order valence-corrected chi connectivity index (χ2v) is 7.50. The van der Waals surface area contributed by atoms with Crippen LogP contribution in [0, 0.1) is 0 Å². The summed E-state index contributed by atoms with van der Waals surface area (Å²) >= 11 is 1.07. The number of alkyl halides is 3. The van der Waals surface area contributed by atoms with Gasteiger partial charge in [0.05, 0.1) is 23.0 Å². The highest BCUT2D eigenvalue weighted by Gasteiger charge is 2.36. The summed E-state index contributed by atoms with van der Waals surface area (Å²) in [5.74, 6) is -0.647. The second kappa shape index (κ2) is 8.69. The van der Waals surface area contributed by atoms with E-state index >= 15 is 0 Å². The van der Waals surface area contributed by atoms with E-state index in [0.717, 1.165) is 29.5 Å². The van der Waals surface area contributed by atoms with E-state index in [2.05, 4.69) is 10.3 Å². The third-order valence-corrected chi connectivity index (χ3v) is 5.45. The first-order chi connectivity index (χ1) is 13.8. The maximum absolute atomic E-state index is 13.0. The highest BCUT2D eigenvalue weighted by Crippen LogP contribution is 2.34. The maximum Gasteiger partial charge on any atom is 0.416 e. The van der Waals surface area contributed by atoms with Crippen LogP contribution in [0.5, 0.6) is 0 Å². The van der Waals surface area contributed by atoms with Crippen LogP contribution in [-0.2, 0) is 22.3 Å². The molecule has 0 saturated carbocycles. The van der Waals surface area contributed by atoms with Crippen molar-refractivity contribution in [3.63, 3.8) is 0 Å². The number of carbonyl (C=O) groups excluding carboxylic acids is 2. The standard InChI is InChI=1S/C20H18F3N3O2S/c1-24-18(28)16-11-17(27)26(12-13-6-3-2-4-7-13)19(29-16)25-15-9-5-8-14(10-15)20(21,22)23/h2-10,16H,11-12H2,1H3,(H,24,28)/t16-/m0/s1. The van der Waals surface area contributed by atoms with Gasteiger partial charge in [0.1, 0.15) is 0 Å². The molecule has 0 aliphatic carbocycles. The van der Waals surface area contributed by atoms with Gasteiger partial charge >= 0.3 is 6.18 Å². The quantitative estimate of drug-likeness (QED) is 0.813. The third-order valence-electron chi connectivity index (χ3n) is 4.26. The summed E-state index contributed by atoms with van der Waals surface area (Å²) in [4.78, 5) is 30.5. The number of nitrogens with zero attached hydrogens (tertiary/aromatic N) is 2. The highest BCUT2D eigenvalue weighted by molar-refractivity contribution is 8.15. The smallest absolute Gasteiger partial charge is 0.358 e. The SMILES string of the molecule is CNC(=O)[C@@H]1CC(=O)N(Cc2ccccc2)C(=Nc2cccc(C(F)(F)F)c2)S1. The van der Waals surface area contributed by atoms with Gasteiger partial charge in [-0.1, -0.05) is 48.2 Å². The number of hydrogen-bond donors (Lipinski definition) is 1. The minimum atomic E-state index is -4.50. The molecule has 1 aliphatic heterocycles. The van der Waals surface area contributed by atoms with Crippen LogP contribution in [0.3, 0.4) is 0 Å². The lowest BCUT2D eigenvalue weighted by Gasteiger charge is -2.31. The number of rotatable bonds is 4. The number of aliphatic imine (C=N–C) groups is 1. The fraction of sp³-hybridized carbons (Fsp3) is 0.250. The molecule has 1 aliphatic rings. The van der Waals surface area contributed by atoms with Crippen molar-refractivity contribution in [1.82, 2.24) is 10.2 Å². The maximum atomic E-state index is 13.0. The molecule has 152 valence electrons. The monoisotopic (exact) mass is 421 g/mol. The van der Waals surface area contributed by atoms with Crippen molar-refractivity contribution in [1.29, 1.82) is 0 Å². The number of nitrogens with one attached hydrogen (secondary N) is 1. The number of hydrogen-bond acceptors (Lipinski definition) is 4. The van der Waals surface area contributed by atoms with Gasteiger partial charge in [-0.2, -0.15) is 13.2 Å². The van der Waals surface area contributed by atoms with E-state index in [1.54, 1.807) is 0 Å². The molecule has 5 nitrogen and oxygen atoms in total. The Bertz CT molecular complexity index is 932. The summed E-state index contributed by atoms with van der Waals surface area (Å²) in [5, 5.41) is 2.00. The van der Waals surface area contributed by atoms with Crippen molar-refractivity contribution < 1.29 is 22.8 Å². The molecule has 3 rings (SSSR count). The minimum absolute atomic E-state index is 0.0151. The van der Waals surface area contributed by atoms with Gasteiger partial charge in [-0.05, 0) is 23.8 Å². The number of benzene rings is 2. The Kier molecular flexibility index (Phi) is 6.26. The van der Waals surface area contributed by atoms with Crippen LogP contribution < -0.4 is 5.32 Å². The average molecular weight is 421 g/mol. The molecule has 2 aromatic rings. The molecule has 1 N–H and O–H groups in total. The van der Waals surface area contributed by atoms with Crippen LogP contribution in [0.2, 0.25) is 0 Å². The molecule has 9 heteroatoms. The first-order valence-corrected chi connectivity index (χ1v) is 9.64. The van der Waals surface area contributed by atoms with Crippen LogP contribution in [-0.4, -0.2) is 34.2 Å². The summed E-state index contributed by atoms with van der Waals surface area (Å²) in [5.41, 5.74) is 0.0753. The lowest BCUT2D eigenvalue weighted by molar-refractivity contribution is -0.137. The molecule has 0 unspecified atom stereocenters. The first kappa shape index (κ1) is 20.9. The zero-order valence-electron chi connectivity index (χ0n) is 15.4. The van der Waals surface area contributed by atoms with Crippen molar-refractivity contribution in [3.8, 4) is 0 Å². The predicted octanol–water partition coefficient (Wildman–Crippen LogP) is 3.97. The largest absolute Gasteiger partial charge is 0.416 e. The van der Waals surface area contributed by atoms with Crippen LogP contribution >= 0.6 is 11.8 Å². The highest BCUT2D eigenvalue weighted by atomic mass is 32.2. The summed E-state index contributed by atoms with van der Waals surface area (Å²) in [6.07, 6.45) is -4.52. The fourth-order valence-electron chi connectivity index (χ4n) is 2.79. The topological polar surface area (TPSA) is 61.8 Å². The van der Waals surface area contributed by atoms with E-state index in [0.29, 0.717) is 0 Å². The van der Waals surface area contributed by atoms with Gasteiger partial charge in [0.2, 0.25) is 11.8 Å². The fourth-order valence-corrected chi connectivity index (χ4v) is 3.94. The number of halogens is 3. The van der Waals surface area contributed by atoms with E-state index in [9.17, 15) is 22.8 Å². The second-order valence-electron chi connectivity index (χ2n) is 6.33. The molecular formula is C20H18F3N3O2S. The summed E-state index contributed by atoms with van der Waals surface area (Å²) in [6.45, 7) is 0.213. The zero-order valence-corrected chi connectivity index (χ0v) is 16.3. The molecule has 0 radical (unpaired) electrons. The van der Waals surface area contributed by atoms with E-state index < -0.39 is 17.0 Å². The predicted molar refractivity (Wildman–Crippen MR) is 106 cm³/mol. The molecule has 1 fully saturated rings. The van der Waals surface area contributed by atoms with Crippen molar-refractivity contribution in [3.05, 3.63) is 65.7 Å². The molecule has 2 aromatic carbocycles. The molecule has 1 heterocycles. The van der Waals surface area contributed by atoms with Crippen molar-refractivity contribution in [2.75, 3.05) is 7.05 Å². The van der Waals surface area contributed by atoms with E-state index in [1.165, 1.54) is 24.1 Å². The Morgan fingerprint density at radius 3 is 2.59 bits per heavy atom. The molecule has 0 bridgehead atoms. The molecular weight excluding hydrogens is 403 g/mol. The average Bonchev–Trinajstić information content (AvgIpc) is 2.70. The summed E-state index contributed by atoms with van der Waals surface area (Å²) in [6, 6.07) is 13.7. The van der Waals surface area contributed by atoms with Gasteiger partial charge in [0, 0.05) is 13.5 Å². The van der Waals surface area contributed by atoms with Crippen molar-refractivity contribution >= 4 is 34.4 Å². The number of carbonyl (C=O) groups is 2. The molecule has 0 aromatic heterocycles. The van der Waals surface area contributed by atoms with Crippen LogP contribution in [0.1, 0.15) is 17.5 Å². The first-order valence-electron chi connectivity index (χ1n) is 8.76. The summed E-state index contributed by atoms with van der Waals surface area (Å²) < 4.78 is 39.0. The lowest BCUT2D eigenvalue weighted by atomic mass is 10.2. The number of amides is 2. The molecule has 1 atom stereocenters. The molecule has 2 amide bonds. The zero-order chi connectivity index (χ0) is 21.0. The Hall–Kier alpha value is -2.81. The number of thioether (sulfide) groups is 1. The molecule has 1 saturated heterocycles. The number of amidine groups is 1. The van der Waals surface area contributed by atoms with Gasteiger partial charge in [-0.3, -0.25) is 14.5 Å². The van der Waals surface area contributed by atoms with E-state index in [1.807, 2.05) is 30.3 Å². The Morgan fingerprint density at radius 2 is 1.93 bits per heavy atom. The van der Waals surface area contributed by atoms with Gasteiger partial charge in [0.25, 0.3) is 0 Å². The lowest BCUT2D eigenvalue weighted by Crippen LogP contribution is -2.45. The normalized spacial score (nSPS) is 18.8. The van der Waals surface area contributed by atoms with Gasteiger partial charge < -0.3 is 5.32 Å².